The summed E-state index contributed by atoms with van der Waals surface area (Å²) < 4.78 is 5.46. The Morgan fingerprint density at radius 1 is 1.29 bits per heavy atom. The number of methoxy groups -OCH3 is 1. The summed E-state index contributed by atoms with van der Waals surface area (Å²) in [7, 11) is 1.57. The maximum atomic E-state index is 13.1. The molecule has 0 saturated carbocycles. The minimum Gasteiger partial charge on any atom is -0.495 e. The third kappa shape index (κ3) is 5.28. The van der Waals surface area contributed by atoms with Crippen molar-refractivity contribution in [2.24, 2.45) is 0 Å². The number of pyridine rings is 1. The molecular formula is C20H24Cl2N4O2. The van der Waals surface area contributed by atoms with Gasteiger partial charge in [-0.05, 0) is 63.2 Å². The van der Waals surface area contributed by atoms with E-state index in [4.69, 9.17) is 27.9 Å². The highest BCUT2D eigenvalue weighted by Crippen LogP contribution is 2.32. The first-order valence-electron chi connectivity index (χ1n) is 9.32. The number of hydrogen-bond donors (Lipinski definition) is 1. The Labute approximate surface area is 175 Å². The second kappa shape index (κ2) is 9.96. The number of urea groups is 1. The molecule has 0 spiro atoms. The van der Waals surface area contributed by atoms with Crippen LogP contribution < -0.4 is 15.0 Å². The normalized spacial score (nSPS) is 14.1. The maximum Gasteiger partial charge on any atom is 0.326 e. The summed E-state index contributed by atoms with van der Waals surface area (Å²) in [6.07, 6.45) is 6.42. The molecule has 2 heterocycles. The number of hydrogen-bond acceptors (Lipinski definition) is 4. The molecule has 1 aromatic heterocycles. The van der Waals surface area contributed by atoms with E-state index in [9.17, 15) is 4.79 Å². The summed E-state index contributed by atoms with van der Waals surface area (Å²) in [6.45, 7) is 3.72. The highest BCUT2D eigenvalue weighted by molar-refractivity contribution is 6.33. The van der Waals surface area contributed by atoms with Crippen molar-refractivity contribution in [3.8, 4) is 5.75 Å². The average Bonchev–Trinajstić information content (AvgIpc) is 3.20. The van der Waals surface area contributed by atoms with E-state index in [1.54, 1.807) is 42.5 Å². The van der Waals surface area contributed by atoms with E-state index in [2.05, 4.69) is 15.2 Å². The number of amides is 2. The van der Waals surface area contributed by atoms with Gasteiger partial charge in [-0.2, -0.15) is 0 Å². The van der Waals surface area contributed by atoms with Crippen molar-refractivity contribution >= 4 is 40.6 Å². The van der Waals surface area contributed by atoms with Gasteiger partial charge in [0.05, 0.1) is 29.7 Å². The SMILES string of the molecule is COc1ccc(Cl)cc1N(CCCN1CCCC1)C(=O)Nc1cnccc1Cl. The molecule has 1 saturated heterocycles. The molecule has 2 aromatic rings. The zero-order valence-corrected chi connectivity index (χ0v) is 17.3. The van der Waals surface area contributed by atoms with Crippen LogP contribution in [0.4, 0.5) is 16.2 Å². The second-order valence-corrected chi connectivity index (χ2v) is 7.50. The van der Waals surface area contributed by atoms with Crippen molar-refractivity contribution in [2.45, 2.75) is 19.3 Å². The summed E-state index contributed by atoms with van der Waals surface area (Å²) in [5.74, 6) is 0.581. The number of rotatable bonds is 7. The topological polar surface area (TPSA) is 57.7 Å². The van der Waals surface area contributed by atoms with Gasteiger partial charge in [-0.15, -0.1) is 0 Å². The lowest BCUT2D eigenvalue weighted by atomic mass is 10.2. The average molecular weight is 423 g/mol. The Hall–Kier alpha value is -2.02. The molecule has 8 heteroatoms. The van der Waals surface area contributed by atoms with Crippen LogP contribution in [0.15, 0.2) is 36.7 Å². The van der Waals surface area contributed by atoms with Gasteiger partial charge in [-0.1, -0.05) is 23.2 Å². The van der Waals surface area contributed by atoms with Gasteiger partial charge in [-0.3, -0.25) is 9.88 Å². The van der Waals surface area contributed by atoms with Gasteiger partial charge in [0.15, 0.2) is 0 Å². The van der Waals surface area contributed by atoms with Crippen LogP contribution in [0.1, 0.15) is 19.3 Å². The Balaban J connectivity index is 1.80. The van der Waals surface area contributed by atoms with Gasteiger partial charge in [-0.25, -0.2) is 4.79 Å². The number of nitrogens with one attached hydrogen (secondary N) is 1. The summed E-state index contributed by atoms with van der Waals surface area (Å²) in [4.78, 5) is 21.2. The maximum absolute atomic E-state index is 13.1. The van der Waals surface area contributed by atoms with Crippen molar-refractivity contribution < 1.29 is 9.53 Å². The molecule has 6 nitrogen and oxygen atoms in total. The third-order valence-corrected chi connectivity index (χ3v) is 5.31. The predicted molar refractivity (Wildman–Crippen MR) is 114 cm³/mol. The first kappa shape index (κ1) is 20.7. The second-order valence-electron chi connectivity index (χ2n) is 6.66. The Bertz CT molecular complexity index is 813. The molecule has 1 aromatic carbocycles. The van der Waals surface area contributed by atoms with Crippen LogP contribution >= 0.6 is 23.2 Å². The highest BCUT2D eigenvalue weighted by atomic mass is 35.5. The first-order valence-corrected chi connectivity index (χ1v) is 10.1. The molecule has 0 bridgehead atoms. The molecule has 1 aliphatic heterocycles. The van der Waals surface area contributed by atoms with Crippen molar-refractivity contribution in [3.05, 3.63) is 46.7 Å². The van der Waals surface area contributed by atoms with Gasteiger partial charge in [0.2, 0.25) is 0 Å². The van der Waals surface area contributed by atoms with Crippen LogP contribution in [0, 0.1) is 0 Å². The van der Waals surface area contributed by atoms with Crippen LogP contribution in [-0.4, -0.2) is 49.2 Å². The lowest BCUT2D eigenvalue weighted by Crippen LogP contribution is -2.37. The third-order valence-electron chi connectivity index (χ3n) is 4.74. The molecule has 3 rings (SSSR count). The lowest BCUT2D eigenvalue weighted by molar-refractivity contribution is 0.256. The summed E-state index contributed by atoms with van der Waals surface area (Å²) in [5, 5.41) is 3.80. The number of halogens is 2. The van der Waals surface area contributed by atoms with Crippen LogP contribution in [0.25, 0.3) is 0 Å². The number of aromatic nitrogens is 1. The molecular weight excluding hydrogens is 399 g/mol. The molecule has 1 fully saturated rings. The van der Waals surface area contributed by atoms with Crippen molar-refractivity contribution in [1.29, 1.82) is 0 Å². The van der Waals surface area contributed by atoms with Crippen molar-refractivity contribution in [2.75, 3.05) is 43.5 Å². The fourth-order valence-corrected chi connectivity index (χ4v) is 3.64. The highest BCUT2D eigenvalue weighted by Gasteiger charge is 2.21. The number of benzene rings is 1. The fourth-order valence-electron chi connectivity index (χ4n) is 3.32. The molecule has 0 unspecified atom stereocenters. The predicted octanol–water partition coefficient (Wildman–Crippen LogP) is 4.92. The summed E-state index contributed by atoms with van der Waals surface area (Å²) in [5.41, 5.74) is 1.08. The molecule has 0 aliphatic carbocycles. The van der Waals surface area contributed by atoms with Crippen molar-refractivity contribution in [3.63, 3.8) is 0 Å². The molecule has 0 atom stereocenters. The van der Waals surface area contributed by atoms with Crippen molar-refractivity contribution in [1.82, 2.24) is 9.88 Å². The fraction of sp³-hybridized carbons (Fsp3) is 0.400. The monoisotopic (exact) mass is 422 g/mol. The lowest BCUT2D eigenvalue weighted by Gasteiger charge is -2.26. The van der Waals surface area contributed by atoms with Gasteiger partial charge in [0.25, 0.3) is 0 Å². The number of carbonyl (C=O) groups excluding carboxylic acids is 1. The smallest absolute Gasteiger partial charge is 0.326 e. The zero-order chi connectivity index (χ0) is 19.9. The van der Waals surface area contributed by atoms with E-state index >= 15 is 0 Å². The summed E-state index contributed by atoms with van der Waals surface area (Å²) >= 11 is 12.4. The molecule has 28 heavy (non-hydrogen) atoms. The number of ether oxygens (including phenoxy) is 1. The molecule has 1 N–H and O–H groups in total. The van der Waals surface area contributed by atoms with E-state index in [-0.39, 0.29) is 6.03 Å². The van der Waals surface area contributed by atoms with E-state index in [0.717, 1.165) is 26.1 Å². The van der Waals surface area contributed by atoms with Crippen LogP contribution in [0.5, 0.6) is 5.75 Å². The number of nitrogens with zero attached hydrogens (tertiary/aromatic N) is 3. The van der Waals surface area contributed by atoms with Gasteiger partial charge in [0.1, 0.15) is 5.75 Å². The van der Waals surface area contributed by atoms with Crippen LogP contribution in [0.3, 0.4) is 0 Å². The van der Waals surface area contributed by atoms with E-state index in [1.807, 2.05) is 0 Å². The van der Waals surface area contributed by atoms with E-state index in [0.29, 0.717) is 33.7 Å². The molecule has 1 aliphatic rings. The number of anilines is 2. The number of carbonyl (C=O) groups is 1. The molecule has 0 radical (unpaired) electrons. The Morgan fingerprint density at radius 3 is 2.79 bits per heavy atom. The number of likely N-dealkylation sites (tertiary alicyclic amines) is 1. The van der Waals surface area contributed by atoms with Crippen LogP contribution in [0.2, 0.25) is 10.0 Å². The minimum absolute atomic E-state index is 0.308. The molecule has 2 amide bonds. The van der Waals surface area contributed by atoms with Gasteiger partial charge < -0.3 is 15.0 Å². The first-order chi connectivity index (χ1) is 13.6. The van der Waals surface area contributed by atoms with E-state index in [1.165, 1.54) is 19.0 Å². The standard InChI is InChI=1S/C20H24Cl2N4O2/c1-28-19-6-5-15(21)13-18(19)26(12-4-11-25-9-2-3-10-25)20(27)24-17-14-23-8-7-16(17)22/h5-8,13-14H,2-4,9-12H2,1H3,(H,24,27). The van der Waals surface area contributed by atoms with Crippen LogP contribution in [-0.2, 0) is 0 Å². The Morgan fingerprint density at radius 2 is 2.07 bits per heavy atom. The van der Waals surface area contributed by atoms with Gasteiger partial charge >= 0.3 is 6.03 Å². The molecule has 150 valence electrons. The zero-order valence-electron chi connectivity index (χ0n) is 15.8. The van der Waals surface area contributed by atoms with Gasteiger partial charge in [0, 0.05) is 17.8 Å². The Kier molecular flexibility index (Phi) is 7.36. The minimum atomic E-state index is -0.308. The van der Waals surface area contributed by atoms with E-state index < -0.39 is 0 Å². The summed E-state index contributed by atoms with van der Waals surface area (Å²) in [6, 6.07) is 6.56. The largest absolute Gasteiger partial charge is 0.495 e. The quantitative estimate of drug-likeness (QED) is 0.687.